The van der Waals surface area contributed by atoms with Crippen LogP contribution in [-0.2, 0) is 19.4 Å². The Morgan fingerprint density at radius 1 is 1.19 bits per heavy atom. The fraction of sp³-hybridized carbons (Fsp3) is 0.444. The van der Waals surface area contributed by atoms with Gasteiger partial charge in [-0.25, -0.2) is 13.1 Å². The summed E-state index contributed by atoms with van der Waals surface area (Å²) in [6.45, 7) is 4.04. The van der Waals surface area contributed by atoms with Crippen LogP contribution in [0.15, 0.2) is 36.4 Å². The third kappa shape index (κ3) is 5.46. The molecule has 3 aromatic rings. The van der Waals surface area contributed by atoms with Gasteiger partial charge in [0.25, 0.3) is 5.91 Å². The maximum atomic E-state index is 13.0. The van der Waals surface area contributed by atoms with Crippen molar-refractivity contribution in [1.29, 1.82) is 0 Å². The molecule has 1 amide bonds. The zero-order valence-electron chi connectivity index (χ0n) is 21.2. The number of ether oxygens (including phenoxy) is 1. The number of sulfone groups is 1. The van der Waals surface area contributed by atoms with Crippen molar-refractivity contribution in [1.82, 2.24) is 15.1 Å². The van der Waals surface area contributed by atoms with Crippen LogP contribution < -0.4 is 5.32 Å². The Kier molecular flexibility index (Phi) is 7.49. The Labute approximate surface area is 211 Å². The van der Waals surface area contributed by atoms with Crippen LogP contribution in [0.1, 0.15) is 77.4 Å². The van der Waals surface area contributed by atoms with Gasteiger partial charge in [0.05, 0.1) is 23.1 Å². The number of hydrogen-bond donors (Lipinski definition) is 1. The van der Waals surface area contributed by atoms with Gasteiger partial charge in [-0.3, -0.25) is 9.59 Å². The summed E-state index contributed by atoms with van der Waals surface area (Å²) in [6.07, 6.45) is 4.07. The van der Waals surface area contributed by atoms with Crippen molar-refractivity contribution in [2.45, 2.75) is 57.1 Å². The van der Waals surface area contributed by atoms with Crippen molar-refractivity contribution in [3.05, 3.63) is 58.8 Å². The fourth-order valence-electron chi connectivity index (χ4n) is 4.67. The molecule has 1 aromatic heterocycles. The molecular formula is C27H33N3O5S. The van der Waals surface area contributed by atoms with Gasteiger partial charge >= 0.3 is 5.97 Å². The van der Waals surface area contributed by atoms with Crippen LogP contribution in [0.4, 0.5) is 0 Å². The van der Waals surface area contributed by atoms with Gasteiger partial charge in [-0.15, -0.1) is 0 Å². The molecule has 192 valence electrons. The number of carbonyl (C=O) groups excluding carboxylic acids is 2. The minimum atomic E-state index is -3.47. The van der Waals surface area contributed by atoms with Crippen LogP contribution in [0.3, 0.4) is 0 Å². The number of nitrogens with one attached hydrogen (secondary N) is 1. The van der Waals surface area contributed by atoms with Crippen LogP contribution in [0, 0.1) is 6.92 Å². The molecule has 1 N–H and O–H groups in total. The maximum absolute atomic E-state index is 13.0. The summed E-state index contributed by atoms with van der Waals surface area (Å²) in [5, 5.41) is 7.39. The van der Waals surface area contributed by atoms with Gasteiger partial charge in [-0.05, 0) is 80.8 Å². The summed E-state index contributed by atoms with van der Waals surface area (Å²) >= 11 is 0. The quantitative estimate of drug-likeness (QED) is 0.405. The molecule has 9 heteroatoms. The maximum Gasteiger partial charge on any atom is 0.305 e. The average molecular weight is 512 g/mol. The molecule has 8 nitrogen and oxygen atoms in total. The normalized spacial score (nSPS) is 14.6. The van der Waals surface area contributed by atoms with Gasteiger partial charge in [0.15, 0.2) is 9.84 Å². The van der Waals surface area contributed by atoms with Crippen molar-refractivity contribution in [2.75, 3.05) is 19.9 Å². The number of amides is 1. The van der Waals surface area contributed by atoms with Crippen LogP contribution >= 0.6 is 0 Å². The lowest BCUT2D eigenvalue weighted by Gasteiger charge is -2.19. The van der Waals surface area contributed by atoms with Crippen LogP contribution in [0.5, 0.6) is 0 Å². The molecule has 4 rings (SSSR count). The van der Waals surface area contributed by atoms with Gasteiger partial charge in [-0.2, -0.15) is 5.10 Å². The van der Waals surface area contributed by atoms with Crippen molar-refractivity contribution in [3.8, 4) is 5.69 Å². The highest BCUT2D eigenvalue weighted by Gasteiger charge is 2.34. The monoisotopic (exact) mass is 511 g/mol. The van der Waals surface area contributed by atoms with Crippen molar-refractivity contribution in [2.24, 2.45) is 0 Å². The van der Waals surface area contributed by atoms with E-state index in [9.17, 15) is 18.0 Å². The van der Waals surface area contributed by atoms with Crippen molar-refractivity contribution in [3.63, 3.8) is 0 Å². The molecule has 0 saturated heterocycles. The summed E-state index contributed by atoms with van der Waals surface area (Å²) in [5.41, 5.74) is 4.49. The van der Waals surface area contributed by atoms with E-state index in [0.29, 0.717) is 41.6 Å². The molecule has 1 heterocycles. The number of rotatable bonds is 10. The molecular weight excluding hydrogens is 478 g/mol. The molecule has 0 unspecified atom stereocenters. The zero-order valence-corrected chi connectivity index (χ0v) is 22.0. The van der Waals surface area contributed by atoms with E-state index in [2.05, 4.69) is 5.32 Å². The van der Waals surface area contributed by atoms with Crippen molar-refractivity contribution < 1.29 is 22.7 Å². The topological polar surface area (TPSA) is 107 Å². The molecule has 1 saturated carbocycles. The Bertz CT molecular complexity index is 1390. The summed E-state index contributed by atoms with van der Waals surface area (Å²) in [5.74, 6) is -0.338. The minimum Gasteiger partial charge on any atom is -0.466 e. The van der Waals surface area contributed by atoms with E-state index in [4.69, 9.17) is 9.84 Å². The standard InChI is InChI=1S/C27H33N3O5S/c1-5-35-25(31)8-6-7-24(36(4,33)34)21-16-23-22(15-20(21)18-11-12-18)26(27(32)28-3)30(29-23)19-13-9-17(2)10-14-19/h9-10,13-16,18,24H,5-8,11-12H2,1-4H3,(H,28,32)/t24-/m1/s1. The predicted molar refractivity (Wildman–Crippen MR) is 139 cm³/mol. The summed E-state index contributed by atoms with van der Waals surface area (Å²) in [6, 6.07) is 11.5. The van der Waals surface area contributed by atoms with E-state index < -0.39 is 15.1 Å². The predicted octanol–water partition coefficient (Wildman–Crippen LogP) is 4.39. The van der Waals surface area contributed by atoms with Gasteiger partial charge in [0, 0.05) is 25.1 Å². The number of carbonyl (C=O) groups is 2. The number of hydrogen-bond acceptors (Lipinski definition) is 6. The summed E-state index contributed by atoms with van der Waals surface area (Å²) in [4.78, 5) is 24.8. The van der Waals surface area contributed by atoms with Gasteiger partial charge in [-0.1, -0.05) is 17.7 Å². The molecule has 0 bridgehead atoms. The summed E-state index contributed by atoms with van der Waals surface area (Å²) < 4.78 is 32.5. The molecule has 36 heavy (non-hydrogen) atoms. The SMILES string of the molecule is CCOC(=O)CCC[C@H](c1cc2nn(-c3ccc(C)cc3)c(C(=O)NC)c2cc1C1CC1)S(C)(=O)=O. The molecule has 1 atom stereocenters. The highest BCUT2D eigenvalue weighted by molar-refractivity contribution is 7.90. The minimum absolute atomic E-state index is 0.170. The van der Waals surface area contributed by atoms with E-state index in [-0.39, 0.29) is 24.2 Å². The third-order valence-electron chi connectivity index (χ3n) is 6.63. The lowest BCUT2D eigenvalue weighted by Crippen LogP contribution is -2.22. The number of fused-ring (bicyclic) bond motifs is 1. The molecule has 1 aliphatic carbocycles. The Morgan fingerprint density at radius 3 is 2.47 bits per heavy atom. The number of aromatic nitrogens is 2. The summed E-state index contributed by atoms with van der Waals surface area (Å²) in [7, 11) is -1.89. The Balaban J connectivity index is 1.84. The lowest BCUT2D eigenvalue weighted by atomic mass is 9.95. The second kappa shape index (κ2) is 10.4. The smallest absolute Gasteiger partial charge is 0.305 e. The highest BCUT2D eigenvalue weighted by Crippen LogP contribution is 2.46. The van der Waals surface area contributed by atoms with Crippen LogP contribution in [-0.4, -0.2) is 50.0 Å². The molecule has 2 aromatic carbocycles. The first kappa shape index (κ1) is 25.9. The van der Waals surface area contributed by atoms with Gasteiger partial charge in [0.1, 0.15) is 5.69 Å². The van der Waals surface area contributed by atoms with Gasteiger partial charge < -0.3 is 10.1 Å². The highest BCUT2D eigenvalue weighted by atomic mass is 32.2. The first-order chi connectivity index (χ1) is 17.1. The zero-order chi connectivity index (χ0) is 26.0. The van der Waals surface area contributed by atoms with Crippen LogP contribution in [0.25, 0.3) is 16.6 Å². The number of aryl methyl sites for hydroxylation is 1. The fourth-order valence-corrected chi connectivity index (χ4v) is 5.93. The van der Waals surface area contributed by atoms with E-state index >= 15 is 0 Å². The number of nitrogens with zero attached hydrogens (tertiary/aromatic N) is 2. The number of esters is 1. The first-order valence-corrected chi connectivity index (χ1v) is 14.3. The molecule has 1 fully saturated rings. The average Bonchev–Trinajstić information content (AvgIpc) is 3.61. The molecule has 0 radical (unpaired) electrons. The third-order valence-corrected chi connectivity index (χ3v) is 8.15. The first-order valence-electron chi connectivity index (χ1n) is 12.3. The lowest BCUT2D eigenvalue weighted by molar-refractivity contribution is -0.143. The molecule has 0 spiro atoms. The largest absolute Gasteiger partial charge is 0.466 e. The van der Waals surface area contributed by atoms with E-state index in [1.807, 2.05) is 43.3 Å². The second-order valence-electron chi connectivity index (χ2n) is 9.46. The second-order valence-corrected chi connectivity index (χ2v) is 11.7. The molecule has 0 aliphatic heterocycles. The Hall–Kier alpha value is -3.20. The van der Waals surface area contributed by atoms with E-state index in [0.717, 1.165) is 29.7 Å². The number of benzene rings is 2. The van der Waals surface area contributed by atoms with Crippen molar-refractivity contribution >= 4 is 32.6 Å². The van der Waals surface area contributed by atoms with E-state index in [1.54, 1.807) is 18.7 Å². The van der Waals surface area contributed by atoms with Crippen LogP contribution in [0.2, 0.25) is 0 Å². The Morgan fingerprint density at radius 2 is 1.89 bits per heavy atom. The van der Waals surface area contributed by atoms with E-state index in [1.165, 1.54) is 6.26 Å². The molecule has 1 aliphatic rings. The van der Waals surface area contributed by atoms with Gasteiger partial charge in [0.2, 0.25) is 0 Å².